The number of ether oxygens (including phenoxy) is 1. The van der Waals surface area contributed by atoms with Crippen molar-refractivity contribution in [3.8, 4) is 0 Å². The van der Waals surface area contributed by atoms with Gasteiger partial charge in [0.25, 0.3) is 5.56 Å². The van der Waals surface area contributed by atoms with Crippen LogP contribution in [0.15, 0.2) is 29.7 Å². The third-order valence-corrected chi connectivity index (χ3v) is 9.01. The number of nitrogens with one attached hydrogen (secondary N) is 2. The number of nitrogen functional groups attached to an aromatic ring is 1. The molecule has 22 heteroatoms. The molecule has 3 aliphatic rings. The van der Waals surface area contributed by atoms with Gasteiger partial charge in [0, 0.05) is 12.1 Å². The number of halogens is 1. The quantitative estimate of drug-likeness (QED) is 0.200. The number of aromatic nitrogens is 6. The molecule has 0 aromatic carbocycles. The van der Waals surface area contributed by atoms with Gasteiger partial charge in [-0.15, -0.1) is 0 Å². The van der Waals surface area contributed by atoms with Crippen LogP contribution in [0.1, 0.15) is 12.6 Å². The molecule has 3 unspecified atom stereocenters. The minimum Gasteiger partial charge on any atom is -0.387 e. The summed E-state index contributed by atoms with van der Waals surface area (Å²) in [6, 6.07) is 0.489. The van der Waals surface area contributed by atoms with Gasteiger partial charge in [-0.3, -0.25) is 32.4 Å². The fraction of sp³-hybridized carbons (Fsp3) is 0.550. The van der Waals surface area contributed by atoms with Crippen molar-refractivity contribution in [2.75, 3.05) is 24.3 Å². The summed E-state index contributed by atoms with van der Waals surface area (Å²) >= 11 is 0. The van der Waals surface area contributed by atoms with Gasteiger partial charge in [0.15, 0.2) is 17.4 Å². The summed E-state index contributed by atoms with van der Waals surface area (Å²) in [7, 11) is -10.0. The number of phosphoric acid groups is 2. The van der Waals surface area contributed by atoms with Gasteiger partial charge in [0.1, 0.15) is 42.7 Å². The third-order valence-electron chi connectivity index (χ3n) is 7.04. The van der Waals surface area contributed by atoms with Crippen LogP contribution >= 0.6 is 15.6 Å². The molecule has 3 aromatic rings. The predicted octanol–water partition coefficient (Wildman–Crippen LogP) is -0.393. The van der Waals surface area contributed by atoms with E-state index in [4.69, 9.17) is 28.6 Å². The Morgan fingerprint density at radius 3 is 2.62 bits per heavy atom. The van der Waals surface area contributed by atoms with Crippen LogP contribution in [0.25, 0.3) is 11.2 Å². The molecule has 0 spiro atoms. The lowest BCUT2D eigenvalue weighted by Gasteiger charge is -2.26. The number of alkyl halides is 1. The topological polar surface area (TPSA) is 268 Å². The highest BCUT2D eigenvalue weighted by molar-refractivity contribution is 7.47. The number of rotatable bonds is 3. The van der Waals surface area contributed by atoms with Crippen LogP contribution in [0, 0.1) is 5.92 Å². The van der Waals surface area contributed by atoms with Crippen molar-refractivity contribution in [1.29, 1.82) is 0 Å². The van der Waals surface area contributed by atoms with Gasteiger partial charge in [-0.1, -0.05) is 0 Å². The number of H-pyrrole nitrogens is 1. The van der Waals surface area contributed by atoms with Crippen molar-refractivity contribution in [3.63, 3.8) is 0 Å². The van der Waals surface area contributed by atoms with Gasteiger partial charge in [-0.05, 0) is 12.5 Å². The third kappa shape index (κ3) is 5.70. The second-order valence-electron chi connectivity index (χ2n) is 9.79. The van der Waals surface area contributed by atoms with Gasteiger partial charge in [0.2, 0.25) is 5.95 Å². The van der Waals surface area contributed by atoms with Crippen LogP contribution < -0.4 is 16.6 Å². The average Bonchev–Trinajstić information content (AvgIpc) is 3.57. The Hall–Kier alpha value is -2.90. The van der Waals surface area contributed by atoms with Crippen LogP contribution in [0.4, 0.5) is 16.2 Å². The van der Waals surface area contributed by atoms with E-state index < -0.39 is 83.2 Å². The highest BCUT2D eigenvalue weighted by Gasteiger charge is 2.53. The van der Waals surface area contributed by atoms with Crippen molar-refractivity contribution in [2.24, 2.45) is 5.92 Å². The molecule has 5 heterocycles. The summed E-state index contributed by atoms with van der Waals surface area (Å²) in [4.78, 5) is 51.2. The maximum Gasteiger partial charge on any atom is 0.472 e. The van der Waals surface area contributed by atoms with Crippen LogP contribution in [-0.2, 0) is 32.0 Å². The number of nitrogens with zero attached hydrogens (tertiary/aromatic N) is 5. The molecule has 3 fully saturated rings. The number of imidazole rings is 1. The van der Waals surface area contributed by atoms with E-state index in [-0.39, 0.29) is 29.4 Å². The van der Waals surface area contributed by atoms with E-state index >= 15 is 4.39 Å². The predicted molar refractivity (Wildman–Crippen MR) is 136 cm³/mol. The number of nitrogens with two attached hydrogens (primary N) is 1. The van der Waals surface area contributed by atoms with Crippen molar-refractivity contribution in [3.05, 3.63) is 35.3 Å². The van der Waals surface area contributed by atoms with Crippen LogP contribution in [0.2, 0.25) is 0 Å². The fourth-order valence-corrected chi connectivity index (χ4v) is 7.11. The van der Waals surface area contributed by atoms with Crippen LogP contribution in [-0.4, -0.2) is 94.2 Å². The number of aromatic amines is 1. The molecule has 1 saturated carbocycles. The lowest BCUT2D eigenvalue weighted by molar-refractivity contribution is -0.0580. The fourth-order valence-electron chi connectivity index (χ4n) is 5.14. The molecular weight excluding hydrogens is 609 g/mol. The molecule has 0 radical (unpaired) electrons. The molecule has 3 aromatic heterocycles. The molecule has 228 valence electrons. The Morgan fingerprint density at radius 2 is 1.88 bits per heavy atom. The van der Waals surface area contributed by atoms with E-state index in [0.717, 1.165) is 10.9 Å². The Balaban J connectivity index is 1.29. The van der Waals surface area contributed by atoms with Crippen molar-refractivity contribution in [1.82, 2.24) is 29.5 Å². The van der Waals surface area contributed by atoms with E-state index in [9.17, 15) is 28.8 Å². The first-order valence-corrected chi connectivity index (χ1v) is 15.4. The maximum atomic E-state index is 15.5. The molecule has 2 saturated heterocycles. The zero-order valence-electron chi connectivity index (χ0n) is 21.2. The van der Waals surface area contributed by atoms with E-state index in [0.29, 0.717) is 0 Å². The summed E-state index contributed by atoms with van der Waals surface area (Å²) in [5.41, 5.74) is 4.68. The molecule has 10 atom stereocenters. The van der Waals surface area contributed by atoms with Gasteiger partial charge in [-0.25, -0.2) is 28.5 Å². The Morgan fingerprint density at radius 1 is 1.14 bits per heavy atom. The van der Waals surface area contributed by atoms with Crippen LogP contribution in [0.3, 0.4) is 0 Å². The largest absolute Gasteiger partial charge is 0.472 e. The van der Waals surface area contributed by atoms with Crippen LogP contribution in [0.5, 0.6) is 0 Å². The lowest BCUT2D eigenvalue weighted by Crippen LogP contribution is -2.35. The Labute approximate surface area is 234 Å². The van der Waals surface area contributed by atoms with E-state index in [1.54, 1.807) is 0 Å². The van der Waals surface area contributed by atoms with Crippen molar-refractivity contribution >= 4 is 38.6 Å². The zero-order valence-corrected chi connectivity index (χ0v) is 23.0. The molecule has 19 nitrogen and oxygen atoms in total. The normalized spacial score (nSPS) is 39.2. The number of phosphoric ester groups is 2. The number of hydrogen-bond donors (Lipinski definition) is 6. The number of hydrogen-bond acceptors (Lipinski definition) is 15. The summed E-state index contributed by atoms with van der Waals surface area (Å²) in [6.45, 7) is -1.44. The lowest BCUT2D eigenvalue weighted by atomic mass is 10.1. The molecule has 2 bridgehead atoms. The molecule has 2 aliphatic heterocycles. The SMILES string of the molecule is Nc1nc2c(ncn2[C@@H]2OC3COP(=O)(O)O[C@@H]4[C@@H](COP(=O)(O)O[C@@H]2[C@@H]3O)C[C@@H](Nc2ccncn2)[C@@H]4F)c(=O)[nH]1. The molecule has 7 N–H and O–H groups in total. The summed E-state index contributed by atoms with van der Waals surface area (Å²) in [5, 5.41) is 13.8. The average molecular weight is 634 g/mol. The standard InChI is InChI=1S/C20H25FN8O11P2/c21-12-9(26-11-1-2-23-6-24-11)3-8-4-36-41(32,33)40-16-14(30)10(5-37-42(34,35)39-15(8)12)38-19(16)29-7-25-13-17(29)27-20(22)28-18(13)31/h1-2,6-10,12,14-16,19,30H,3-5H2,(H,32,33)(H,34,35)(H,23,24,26)(H3,22,27,28,31)/t8-,9-,10?,12+,14-,15-,16-,19-/m1/s1. The minimum absolute atomic E-state index is 0.0705. The van der Waals surface area contributed by atoms with Gasteiger partial charge < -0.3 is 30.7 Å². The number of aliphatic hydroxyl groups is 1. The van der Waals surface area contributed by atoms with Gasteiger partial charge in [0.05, 0.1) is 25.6 Å². The van der Waals surface area contributed by atoms with Gasteiger partial charge in [-0.2, -0.15) is 4.98 Å². The highest BCUT2D eigenvalue weighted by Crippen LogP contribution is 2.54. The zero-order chi connectivity index (χ0) is 29.8. The first kappa shape index (κ1) is 29.2. The molecule has 42 heavy (non-hydrogen) atoms. The van der Waals surface area contributed by atoms with Gasteiger partial charge >= 0.3 is 15.6 Å². The highest BCUT2D eigenvalue weighted by atomic mass is 31.2. The van der Waals surface area contributed by atoms with Crippen molar-refractivity contribution in [2.45, 2.75) is 49.3 Å². The first-order chi connectivity index (χ1) is 19.9. The second kappa shape index (κ2) is 11.0. The minimum atomic E-state index is -5.02. The molecule has 0 amide bonds. The number of aliphatic hydroxyl groups excluding tert-OH is 1. The Bertz CT molecular complexity index is 1610. The van der Waals surface area contributed by atoms with E-state index in [1.165, 1.54) is 18.6 Å². The molecule has 6 rings (SSSR count). The number of anilines is 2. The first-order valence-electron chi connectivity index (χ1n) is 12.4. The number of fused-ring (bicyclic) bond motifs is 4. The summed E-state index contributed by atoms with van der Waals surface area (Å²) in [6.07, 6.45) is -6.15. The second-order valence-corrected chi connectivity index (χ2v) is 12.6. The molecule has 1 aliphatic carbocycles. The Kier molecular flexibility index (Phi) is 7.63. The summed E-state index contributed by atoms with van der Waals surface area (Å²) in [5.74, 6) is -1.03. The monoisotopic (exact) mass is 634 g/mol. The maximum absolute atomic E-state index is 15.5. The smallest absolute Gasteiger partial charge is 0.387 e. The van der Waals surface area contributed by atoms with E-state index in [2.05, 4.69) is 30.2 Å². The summed E-state index contributed by atoms with van der Waals surface area (Å²) < 4.78 is 69.1. The van der Waals surface area contributed by atoms with Crippen molar-refractivity contribution < 1.29 is 51.2 Å². The van der Waals surface area contributed by atoms with E-state index in [1.807, 2.05) is 0 Å². The molecular formula is C20H25FN8O11P2.